The molecule has 0 aromatic heterocycles. The van der Waals surface area contributed by atoms with E-state index in [1.807, 2.05) is 0 Å². The zero-order valence-electron chi connectivity index (χ0n) is 7.12. The van der Waals surface area contributed by atoms with E-state index in [9.17, 15) is 0 Å². The molecule has 1 rings (SSSR count). The van der Waals surface area contributed by atoms with Gasteiger partial charge in [-0.25, -0.2) is 0 Å². The van der Waals surface area contributed by atoms with Crippen LogP contribution in [0.25, 0.3) is 0 Å². The third-order valence-corrected chi connectivity index (χ3v) is 5.88. The molecule has 0 aromatic rings. The smallest absolute Gasteiger partial charge is 0.115 e. The minimum absolute atomic E-state index is 0.537. The third kappa shape index (κ3) is 1.70. The van der Waals surface area contributed by atoms with Gasteiger partial charge in [-0.1, -0.05) is 35.4 Å². The molecule has 1 aliphatic carbocycles. The van der Waals surface area contributed by atoms with Gasteiger partial charge in [0, 0.05) is 0 Å². The van der Waals surface area contributed by atoms with Gasteiger partial charge in [-0.2, -0.15) is 0 Å². The maximum atomic E-state index is 6.22. The molecule has 1 aliphatic rings. The van der Waals surface area contributed by atoms with Crippen molar-refractivity contribution in [3.63, 3.8) is 0 Å². The first-order valence-electron chi connectivity index (χ1n) is 3.72. The van der Waals surface area contributed by atoms with E-state index in [4.69, 9.17) is 58.0 Å². The topological polar surface area (TPSA) is 0 Å². The highest BCUT2D eigenvalue weighted by molar-refractivity contribution is 6.58. The van der Waals surface area contributed by atoms with Gasteiger partial charge in [-0.05, 0) is 13.8 Å². The molecule has 0 heterocycles. The molecule has 0 saturated heterocycles. The molecular formula is C8H9Cl5. The van der Waals surface area contributed by atoms with Gasteiger partial charge in [0.25, 0.3) is 0 Å². The Bertz CT molecular complexity index is 241. The van der Waals surface area contributed by atoms with Gasteiger partial charge >= 0.3 is 0 Å². The molecule has 76 valence electrons. The normalized spacial score (nSPS) is 49.3. The van der Waals surface area contributed by atoms with E-state index >= 15 is 0 Å². The quantitative estimate of drug-likeness (QED) is 0.458. The number of rotatable bonds is 0. The van der Waals surface area contributed by atoms with E-state index in [1.54, 1.807) is 26.0 Å². The summed E-state index contributed by atoms with van der Waals surface area (Å²) in [5, 5.41) is -0.537. The molecule has 0 saturated carbocycles. The molecule has 0 N–H and O–H groups in total. The lowest BCUT2D eigenvalue weighted by molar-refractivity contribution is 0.456. The Labute approximate surface area is 103 Å². The van der Waals surface area contributed by atoms with E-state index in [0.717, 1.165) is 0 Å². The van der Waals surface area contributed by atoms with Crippen molar-refractivity contribution in [3.8, 4) is 0 Å². The minimum atomic E-state index is -1.28. The first-order chi connectivity index (χ1) is 5.63. The Morgan fingerprint density at radius 2 is 1.54 bits per heavy atom. The van der Waals surface area contributed by atoms with Crippen LogP contribution in [0.2, 0.25) is 0 Å². The highest BCUT2D eigenvalue weighted by Gasteiger charge is 2.59. The number of allylic oxidation sites excluding steroid dienone is 2. The third-order valence-electron chi connectivity index (χ3n) is 2.47. The largest absolute Gasteiger partial charge is 0.158 e. The van der Waals surface area contributed by atoms with E-state index in [0.29, 0.717) is 0 Å². The molecule has 5 heteroatoms. The summed E-state index contributed by atoms with van der Waals surface area (Å²) in [7, 11) is 0. The van der Waals surface area contributed by atoms with Crippen molar-refractivity contribution in [2.24, 2.45) is 0 Å². The predicted molar refractivity (Wildman–Crippen MR) is 61.7 cm³/mol. The monoisotopic (exact) mass is 280 g/mol. The fourth-order valence-corrected chi connectivity index (χ4v) is 2.51. The summed E-state index contributed by atoms with van der Waals surface area (Å²) in [4.78, 5) is -1.81. The summed E-state index contributed by atoms with van der Waals surface area (Å²) in [6.07, 6.45) is 3.39. The van der Waals surface area contributed by atoms with Crippen molar-refractivity contribution in [1.29, 1.82) is 0 Å². The second-order valence-corrected chi connectivity index (χ2v) is 6.86. The Kier molecular flexibility index (Phi) is 3.16. The molecule has 13 heavy (non-hydrogen) atoms. The first-order valence-corrected chi connectivity index (χ1v) is 5.67. The van der Waals surface area contributed by atoms with Gasteiger partial charge in [0.1, 0.15) is 0 Å². The van der Waals surface area contributed by atoms with Crippen molar-refractivity contribution in [2.45, 2.75) is 33.3 Å². The fourth-order valence-electron chi connectivity index (χ4n) is 1.13. The zero-order chi connectivity index (χ0) is 10.5. The van der Waals surface area contributed by atoms with Crippen LogP contribution in [-0.4, -0.2) is 19.5 Å². The lowest BCUT2D eigenvalue weighted by Crippen LogP contribution is -2.58. The molecule has 0 aliphatic heterocycles. The highest BCUT2D eigenvalue weighted by Crippen LogP contribution is 2.55. The van der Waals surface area contributed by atoms with Crippen LogP contribution < -0.4 is 0 Å². The summed E-state index contributed by atoms with van der Waals surface area (Å²) in [6, 6.07) is 0. The molecule has 0 aromatic carbocycles. The van der Waals surface area contributed by atoms with Crippen LogP contribution >= 0.6 is 58.0 Å². The number of hydrogen-bond acceptors (Lipinski definition) is 0. The standard InChI is InChI=1S/C8H9Cl5/c1-6(10)4-3-5(9)8(12,13)7(6,2)11/h3-5H,1-2H3. The SMILES string of the molecule is CC1(Cl)C=CC(Cl)C(Cl)(Cl)C1(C)Cl. The van der Waals surface area contributed by atoms with Crippen LogP contribution in [0.5, 0.6) is 0 Å². The van der Waals surface area contributed by atoms with Gasteiger partial charge < -0.3 is 0 Å². The molecule has 0 nitrogen and oxygen atoms in total. The Balaban J connectivity index is 3.22. The Morgan fingerprint density at radius 3 is 1.92 bits per heavy atom. The molecule has 0 radical (unpaired) electrons. The average Bonchev–Trinajstić information content (AvgIpc) is 1.97. The van der Waals surface area contributed by atoms with Crippen molar-refractivity contribution in [3.05, 3.63) is 12.2 Å². The van der Waals surface area contributed by atoms with Gasteiger partial charge in [-0.15, -0.1) is 34.8 Å². The minimum Gasteiger partial charge on any atom is -0.115 e. The van der Waals surface area contributed by atoms with Gasteiger partial charge in [0.15, 0.2) is 4.33 Å². The maximum absolute atomic E-state index is 6.22. The van der Waals surface area contributed by atoms with E-state index in [1.165, 1.54) is 0 Å². The second-order valence-electron chi connectivity index (χ2n) is 3.46. The molecule has 3 unspecified atom stereocenters. The average molecular weight is 282 g/mol. The Morgan fingerprint density at radius 1 is 1.08 bits per heavy atom. The molecular weight excluding hydrogens is 273 g/mol. The van der Waals surface area contributed by atoms with Crippen molar-refractivity contribution in [2.75, 3.05) is 0 Å². The Hall–Kier alpha value is 1.19. The van der Waals surface area contributed by atoms with Crippen molar-refractivity contribution >= 4 is 58.0 Å². The second kappa shape index (κ2) is 3.35. The maximum Gasteiger partial charge on any atom is 0.158 e. The van der Waals surface area contributed by atoms with Crippen LogP contribution in [0.1, 0.15) is 13.8 Å². The zero-order valence-corrected chi connectivity index (χ0v) is 10.9. The number of hydrogen-bond donors (Lipinski definition) is 0. The molecule has 0 amide bonds. The van der Waals surface area contributed by atoms with Gasteiger partial charge in [0.05, 0.1) is 15.1 Å². The molecule has 0 fully saturated rings. The van der Waals surface area contributed by atoms with Crippen LogP contribution in [-0.2, 0) is 0 Å². The van der Waals surface area contributed by atoms with Crippen molar-refractivity contribution in [1.82, 2.24) is 0 Å². The summed E-state index contributed by atoms with van der Waals surface area (Å²) in [5.74, 6) is 0. The first kappa shape index (κ1) is 12.3. The molecule has 0 spiro atoms. The van der Waals surface area contributed by atoms with E-state index in [-0.39, 0.29) is 0 Å². The van der Waals surface area contributed by atoms with Gasteiger partial charge in [-0.3, -0.25) is 0 Å². The summed E-state index contributed by atoms with van der Waals surface area (Å²) in [6.45, 7) is 3.43. The molecule has 3 atom stereocenters. The van der Waals surface area contributed by atoms with Crippen LogP contribution in [0.15, 0.2) is 12.2 Å². The van der Waals surface area contributed by atoms with Crippen LogP contribution in [0, 0.1) is 0 Å². The van der Waals surface area contributed by atoms with Crippen molar-refractivity contribution < 1.29 is 0 Å². The summed E-state index contributed by atoms with van der Waals surface area (Å²) < 4.78 is -1.28. The molecule has 0 bridgehead atoms. The summed E-state index contributed by atoms with van der Waals surface area (Å²) in [5.41, 5.74) is 0. The summed E-state index contributed by atoms with van der Waals surface area (Å²) >= 11 is 30.4. The fraction of sp³-hybridized carbons (Fsp3) is 0.750. The van der Waals surface area contributed by atoms with E-state index < -0.39 is 19.5 Å². The highest BCUT2D eigenvalue weighted by atomic mass is 35.5. The number of alkyl halides is 5. The van der Waals surface area contributed by atoms with Crippen LogP contribution in [0.4, 0.5) is 0 Å². The lowest BCUT2D eigenvalue weighted by Gasteiger charge is -2.47. The van der Waals surface area contributed by atoms with Gasteiger partial charge in [0.2, 0.25) is 0 Å². The van der Waals surface area contributed by atoms with Crippen LogP contribution in [0.3, 0.4) is 0 Å². The lowest BCUT2D eigenvalue weighted by atomic mass is 9.84. The predicted octanol–water partition coefficient (Wildman–Crippen LogP) is 4.33. The van der Waals surface area contributed by atoms with E-state index in [2.05, 4.69) is 0 Å². The number of halogens is 5.